The lowest BCUT2D eigenvalue weighted by molar-refractivity contribution is -0.137. The van der Waals surface area contributed by atoms with Crippen LogP contribution in [0, 0.1) is 5.41 Å². The Labute approximate surface area is 239 Å². The fourth-order valence-corrected chi connectivity index (χ4v) is 4.28. The van der Waals surface area contributed by atoms with Crippen molar-refractivity contribution in [1.29, 1.82) is 0 Å². The second-order valence-electron chi connectivity index (χ2n) is 9.07. The Balaban J connectivity index is 0.00000432. The number of nitrogens with zero attached hydrogens (tertiary/aromatic N) is 3. The van der Waals surface area contributed by atoms with Crippen LogP contribution < -0.4 is 25.2 Å². The number of nitrogens with one attached hydrogen (secondary N) is 2. The highest BCUT2D eigenvalue weighted by atomic mass is 35.5. The van der Waals surface area contributed by atoms with E-state index in [-0.39, 0.29) is 55.1 Å². The number of hydrogen-bond acceptors (Lipinski definition) is 6. The first-order valence-corrected chi connectivity index (χ1v) is 12.0. The summed E-state index contributed by atoms with van der Waals surface area (Å²) in [6.45, 7) is 8.06. The average Bonchev–Trinajstić information content (AvgIpc) is 2.90. The van der Waals surface area contributed by atoms with Crippen LogP contribution in [0.4, 0.5) is 11.4 Å². The summed E-state index contributed by atoms with van der Waals surface area (Å²) in [4.78, 5) is 33.3. The van der Waals surface area contributed by atoms with Crippen LogP contribution in [0.5, 0.6) is 5.75 Å². The van der Waals surface area contributed by atoms with Crippen LogP contribution >= 0.6 is 37.2 Å². The van der Waals surface area contributed by atoms with Crippen molar-refractivity contribution in [2.45, 2.75) is 39.7 Å². The van der Waals surface area contributed by atoms with E-state index in [1.165, 1.54) is 5.56 Å². The lowest BCUT2D eigenvalue weighted by Gasteiger charge is -2.27. The van der Waals surface area contributed by atoms with Crippen LogP contribution in [0.25, 0.3) is 0 Å². The lowest BCUT2D eigenvalue weighted by atomic mass is 9.90. The molecule has 208 valence electrons. The van der Waals surface area contributed by atoms with Gasteiger partial charge in [-0.15, -0.1) is 37.2 Å². The fraction of sp³-hybridized carbons (Fsp3) is 0.500. The number of ether oxygens (including phenoxy) is 1. The lowest BCUT2D eigenvalue weighted by Crippen LogP contribution is -2.47. The molecule has 0 spiro atoms. The third-order valence-electron chi connectivity index (χ3n) is 6.31. The van der Waals surface area contributed by atoms with Crippen molar-refractivity contribution < 1.29 is 14.3 Å². The topological polar surface area (TPSA) is 86.8 Å². The SMILES string of the molecule is CCN1C(=O)C(C)(C)C(=O)N(C)c2cc(OCCCNC(CCNC)c3ccncc3)ccc21.Cl.Cl.Cl. The molecule has 0 radical (unpaired) electrons. The van der Waals surface area contributed by atoms with Crippen molar-refractivity contribution >= 4 is 60.4 Å². The molecule has 1 aromatic heterocycles. The Morgan fingerprint density at radius 3 is 2.30 bits per heavy atom. The molecule has 2 N–H and O–H groups in total. The van der Waals surface area contributed by atoms with Crippen molar-refractivity contribution in [3.8, 4) is 5.75 Å². The summed E-state index contributed by atoms with van der Waals surface area (Å²) in [7, 11) is 3.67. The third-order valence-corrected chi connectivity index (χ3v) is 6.31. The van der Waals surface area contributed by atoms with Crippen molar-refractivity contribution in [3.63, 3.8) is 0 Å². The van der Waals surface area contributed by atoms with Crippen molar-refractivity contribution in [1.82, 2.24) is 15.6 Å². The molecule has 0 saturated carbocycles. The van der Waals surface area contributed by atoms with Gasteiger partial charge in [-0.1, -0.05) is 0 Å². The highest BCUT2D eigenvalue weighted by Gasteiger charge is 2.45. The van der Waals surface area contributed by atoms with Crippen LogP contribution in [0.2, 0.25) is 0 Å². The molecule has 2 heterocycles. The molecule has 37 heavy (non-hydrogen) atoms. The smallest absolute Gasteiger partial charge is 0.242 e. The molecule has 0 bridgehead atoms. The van der Waals surface area contributed by atoms with Crippen LogP contribution in [-0.2, 0) is 9.59 Å². The maximum atomic E-state index is 13.0. The minimum Gasteiger partial charge on any atom is -0.493 e. The zero-order valence-corrected chi connectivity index (χ0v) is 24.6. The molecule has 1 atom stereocenters. The van der Waals surface area contributed by atoms with Crippen LogP contribution in [0.15, 0.2) is 42.7 Å². The summed E-state index contributed by atoms with van der Waals surface area (Å²) in [6, 6.07) is 9.93. The molecule has 0 saturated heterocycles. The first-order chi connectivity index (χ1) is 16.3. The number of pyridine rings is 1. The van der Waals surface area contributed by atoms with Gasteiger partial charge < -0.3 is 25.2 Å². The Hall–Kier alpha value is -2.10. The summed E-state index contributed by atoms with van der Waals surface area (Å²) in [6.07, 6.45) is 5.46. The van der Waals surface area contributed by atoms with E-state index in [9.17, 15) is 9.59 Å². The number of amides is 2. The van der Waals surface area contributed by atoms with E-state index in [4.69, 9.17) is 4.74 Å². The molecule has 1 aromatic carbocycles. The highest BCUT2D eigenvalue weighted by molar-refractivity contribution is 6.20. The first kappa shape index (κ1) is 34.9. The van der Waals surface area contributed by atoms with Crippen LogP contribution in [-0.4, -0.2) is 57.1 Å². The van der Waals surface area contributed by atoms with E-state index >= 15 is 0 Å². The molecule has 1 aliphatic heterocycles. The summed E-state index contributed by atoms with van der Waals surface area (Å²) >= 11 is 0. The number of carbonyl (C=O) groups excluding carboxylic acids is 2. The van der Waals surface area contributed by atoms with E-state index in [0.29, 0.717) is 24.6 Å². The van der Waals surface area contributed by atoms with Gasteiger partial charge in [-0.3, -0.25) is 14.6 Å². The molecular formula is C26H40Cl3N5O3. The molecular weight excluding hydrogens is 537 g/mol. The van der Waals surface area contributed by atoms with Gasteiger partial charge in [0, 0.05) is 38.1 Å². The van der Waals surface area contributed by atoms with E-state index in [1.54, 1.807) is 30.7 Å². The number of anilines is 2. The molecule has 2 aromatic rings. The standard InChI is InChI=1S/C26H37N5O3.3ClH/c1-6-31-22-9-8-20(18-23(22)30(5)24(32)26(2,3)25(31)33)34-17-7-13-29-21(12-14-27-4)19-10-15-28-16-11-19;;;/h8-11,15-16,18,21,27,29H,6-7,12-14,17H2,1-5H3;3*1H. The van der Waals surface area contributed by atoms with Gasteiger partial charge in [-0.25, -0.2) is 0 Å². The summed E-state index contributed by atoms with van der Waals surface area (Å²) in [5, 5.41) is 6.82. The maximum Gasteiger partial charge on any atom is 0.242 e. The third kappa shape index (κ3) is 8.19. The van der Waals surface area contributed by atoms with E-state index in [1.807, 2.05) is 56.7 Å². The summed E-state index contributed by atoms with van der Waals surface area (Å²) < 4.78 is 6.01. The van der Waals surface area contributed by atoms with Gasteiger partial charge in [0.2, 0.25) is 11.8 Å². The number of halogens is 3. The molecule has 11 heteroatoms. The van der Waals surface area contributed by atoms with Gasteiger partial charge in [0.25, 0.3) is 0 Å². The van der Waals surface area contributed by atoms with Gasteiger partial charge >= 0.3 is 0 Å². The molecule has 8 nitrogen and oxygen atoms in total. The first-order valence-electron chi connectivity index (χ1n) is 12.0. The Bertz CT molecular complexity index is 995. The van der Waals surface area contributed by atoms with Gasteiger partial charge in [-0.05, 0) is 83.6 Å². The van der Waals surface area contributed by atoms with Gasteiger partial charge in [0.05, 0.1) is 18.0 Å². The van der Waals surface area contributed by atoms with Gasteiger partial charge in [-0.2, -0.15) is 0 Å². The largest absolute Gasteiger partial charge is 0.493 e. The number of carbonyl (C=O) groups is 2. The van der Waals surface area contributed by atoms with Crippen molar-refractivity contribution in [2.75, 3.05) is 50.1 Å². The molecule has 0 fully saturated rings. The van der Waals surface area contributed by atoms with Gasteiger partial charge in [0.1, 0.15) is 11.2 Å². The molecule has 3 rings (SSSR count). The van der Waals surface area contributed by atoms with E-state index in [2.05, 4.69) is 15.6 Å². The predicted octanol–water partition coefficient (Wildman–Crippen LogP) is 4.41. The van der Waals surface area contributed by atoms with Crippen molar-refractivity contribution in [2.24, 2.45) is 5.41 Å². The zero-order valence-electron chi connectivity index (χ0n) is 22.2. The number of aromatic nitrogens is 1. The number of benzene rings is 1. The number of rotatable bonds is 11. The fourth-order valence-electron chi connectivity index (χ4n) is 4.28. The quantitative estimate of drug-likeness (QED) is 0.304. The second kappa shape index (κ2) is 16.0. The minimum absolute atomic E-state index is 0. The monoisotopic (exact) mass is 575 g/mol. The predicted molar refractivity (Wildman–Crippen MR) is 157 cm³/mol. The zero-order chi connectivity index (χ0) is 24.7. The summed E-state index contributed by atoms with van der Waals surface area (Å²) in [5.74, 6) is 0.273. The van der Waals surface area contributed by atoms with E-state index < -0.39 is 5.41 Å². The number of hydrogen-bond donors (Lipinski definition) is 2. The van der Waals surface area contributed by atoms with Crippen molar-refractivity contribution in [3.05, 3.63) is 48.3 Å². The number of fused-ring (bicyclic) bond motifs is 1. The van der Waals surface area contributed by atoms with Crippen LogP contribution in [0.3, 0.4) is 0 Å². The van der Waals surface area contributed by atoms with E-state index in [0.717, 1.165) is 31.6 Å². The maximum absolute atomic E-state index is 13.0. The molecule has 2 amide bonds. The van der Waals surface area contributed by atoms with Gasteiger partial charge in [0.15, 0.2) is 0 Å². The highest BCUT2D eigenvalue weighted by Crippen LogP contribution is 2.40. The second-order valence-corrected chi connectivity index (χ2v) is 9.07. The molecule has 0 aliphatic carbocycles. The molecule has 1 aliphatic rings. The average molecular weight is 577 g/mol. The summed E-state index contributed by atoms with van der Waals surface area (Å²) in [5.41, 5.74) is 1.52. The Morgan fingerprint density at radius 2 is 1.68 bits per heavy atom. The Kier molecular flexibility index (Phi) is 15.1. The molecule has 1 unspecified atom stereocenters. The Morgan fingerprint density at radius 1 is 1.00 bits per heavy atom. The minimum atomic E-state index is -1.12. The normalized spacial score (nSPS) is 14.9. The van der Waals surface area contributed by atoms with Crippen LogP contribution in [0.1, 0.15) is 45.2 Å².